The fourth-order valence-electron chi connectivity index (χ4n) is 4.18. The van der Waals surface area contributed by atoms with Crippen LogP contribution in [0.3, 0.4) is 0 Å². The normalized spacial score (nSPS) is 13.7. The number of hydrogen-bond donors (Lipinski definition) is 2. The lowest BCUT2D eigenvalue weighted by molar-refractivity contribution is -0.113. The van der Waals surface area contributed by atoms with Gasteiger partial charge in [0.25, 0.3) is 15.2 Å². The summed E-state index contributed by atoms with van der Waals surface area (Å²) in [5.41, 5.74) is 2.88. The van der Waals surface area contributed by atoms with Gasteiger partial charge >= 0.3 is 0 Å². The molecule has 1 saturated heterocycles. The van der Waals surface area contributed by atoms with Crippen LogP contribution in [0.25, 0.3) is 11.5 Å². The molecule has 1 fully saturated rings. The van der Waals surface area contributed by atoms with Gasteiger partial charge in [0.2, 0.25) is 11.8 Å². The lowest BCUT2D eigenvalue weighted by Gasteiger charge is -2.30. The van der Waals surface area contributed by atoms with Crippen molar-refractivity contribution in [1.29, 1.82) is 0 Å². The van der Waals surface area contributed by atoms with Crippen molar-refractivity contribution < 1.29 is 17.6 Å². The molecule has 5 rings (SSSR count). The first-order valence-corrected chi connectivity index (χ1v) is 14.7. The highest BCUT2D eigenvalue weighted by Crippen LogP contribution is 2.29. The largest absolute Gasteiger partial charge is 0.411 e. The van der Waals surface area contributed by atoms with Crippen LogP contribution in [0.4, 0.5) is 17.1 Å². The van der Waals surface area contributed by atoms with Crippen molar-refractivity contribution in [2.24, 2.45) is 0 Å². The molecule has 1 aromatic heterocycles. The lowest BCUT2D eigenvalue weighted by atomic mass is 10.1. The first kappa shape index (κ1) is 25.8. The van der Waals surface area contributed by atoms with Gasteiger partial charge < -0.3 is 14.6 Å². The smallest absolute Gasteiger partial charge is 0.277 e. The van der Waals surface area contributed by atoms with Gasteiger partial charge in [0.05, 0.1) is 22.0 Å². The number of carbonyl (C=O) groups is 1. The van der Waals surface area contributed by atoms with Gasteiger partial charge in [0, 0.05) is 24.3 Å². The van der Waals surface area contributed by atoms with Crippen molar-refractivity contribution >= 4 is 44.8 Å². The van der Waals surface area contributed by atoms with E-state index in [0.717, 1.165) is 49.1 Å². The number of carbonyl (C=O) groups excluding carboxylic acids is 1. The molecule has 0 aliphatic carbocycles. The zero-order chi connectivity index (χ0) is 26.4. The highest BCUT2D eigenvalue weighted by molar-refractivity contribution is 7.99. The summed E-state index contributed by atoms with van der Waals surface area (Å²) in [4.78, 5) is 15.2. The summed E-state index contributed by atoms with van der Waals surface area (Å²) >= 11 is 1.16. The van der Waals surface area contributed by atoms with Crippen molar-refractivity contribution in [3.8, 4) is 11.5 Å². The van der Waals surface area contributed by atoms with Crippen molar-refractivity contribution in [1.82, 2.24) is 10.2 Å². The molecule has 11 heteroatoms. The lowest BCUT2D eigenvalue weighted by Crippen LogP contribution is -2.30. The van der Waals surface area contributed by atoms with Crippen LogP contribution in [0, 0.1) is 0 Å². The van der Waals surface area contributed by atoms with Gasteiger partial charge in [-0.2, -0.15) is 0 Å². The Morgan fingerprint density at radius 2 is 1.61 bits per heavy atom. The Hall–Kier alpha value is -3.83. The topological polar surface area (TPSA) is 117 Å². The third kappa shape index (κ3) is 6.35. The number of rotatable bonds is 9. The molecular weight excluding hydrogens is 522 g/mol. The van der Waals surface area contributed by atoms with Crippen LogP contribution in [-0.2, 0) is 14.8 Å². The van der Waals surface area contributed by atoms with Crippen LogP contribution in [0.5, 0.6) is 0 Å². The Balaban J connectivity index is 1.17. The van der Waals surface area contributed by atoms with E-state index >= 15 is 0 Å². The number of amides is 1. The molecule has 196 valence electrons. The summed E-state index contributed by atoms with van der Waals surface area (Å²) in [7, 11) is -3.68. The summed E-state index contributed by atoms with van der Waals surface area (Å²) < 4.78 is 33.3. The van der Waals surface area contributed by atoms with Crippen LogP contribution in [0.1, 0.15) is 19.3 Å². The molecule has 3 aromatic carbocycles. The van der Waals surface area contributed by atoms with E-state index in [1.165, 1.54) is 18.6 Å². The number of benzene rings is 3. The molecule has 0 unspecified atom stereocenters. The SMILES string of the molecule is O=C(CSc1nnc(-c2ccc(NS(=O)(=O)c3ccccc3)cc2)o1)Nc1ccccc1N1CCCCC1. The van der Waals surface area contributed by atoms with Crippen LogP contribution in [-0.4, -0.2) is 43.4 Å². The molecule has 0 spiro atoms. The molecule has 1 aliphatic heterocycles. The maximum atomic E-state index is 12.7. The number of nitrogens with zero attached hydrogens (tertiary/aromatic N) is 3. The summed E-state index contributed by atoms with van der Waals surface area (Å²) in [5, 5.41) is 11.4. The van der Waals surface area contributed by atoms with Gasteiger partial charge in [-0.05, 0) is 67.8 Å². The van der Waals surface area contributed by atoms with Gasteiger partial charge in [-0.1, -0.05) is 42.1 Å². The average Bonchev–Trinajstić information content (AvgIpc) is 3.43. The predicted molar refractivity (Wildman–Crippen MR) is 149 cm³/mol. The van der Waals surface area contributed by atoms with E-state index in [-0.39, 0.29) is 27.7 Å². The van der Waals surface area contributed by atoms with Gasteiger partial charge in [-0.3, -0.25) is 9.52 Å². The van der Waals surface area contributed by atoms with E-state index in [9.17, 15) is 13.2 Å². The second-order valence-electron chi connectivity index (χ2n) is 8.77. The first-order valence-electron chi connectivity index (χ1n) is 12.3. The number of aromatic nitrogens is 2. The summed E-state index contributed by atoms with van der Waals surface area (Å²) in [6.07, 6.45) is 3.55. The minimum atomic E-state index is -3.68. The Morgan fingerprint density at radius 3 is 2.37 bits per heavy atom. The highest BCUT2D eigenvalue weighted by atomic mass is 32.2. The quantitative estimate of drug-likeness (QED) is 0.272. The van der Waals surface area contributed by atoms with E-state index < -0.39 is 10.0 Å². The zero-order valence-corrected chi connectivity index (χ0v) is 22.2. The van der Waals surface area contributed by atoms with Gasteiger partial charge in [-0.25, -0.2) is 8.42 Å². The summed E-state index contributed by atoms with van der Waals surface area (Å²) in [5.74, 6) is 0.242. The zero-order valence-electron chi connectivity index (χ0n) is 20.5. The number of sulfonamides is 1. The van der Waals surface area contributed by atoms with Crippen molar-refractivity contribution in [2.75, 3.05) is 33.8 Å². The van der Waals surface area contributed by atoms with E-state index in [4.69, 9.17) is 4.42 Å². The molecule has 9 nitrogen and oxygen atoms in total. The second-order valence-corrected chi connectivity index (χ2v) is 11.4. The maximum absolute atomic E-state index is 12.7. The number of anilines is 3. The molecular formula is C27H27N5O4S2. The average molecular weight is 550 g/mol. The Morgan fingerprint density at radius 1 is 0.895 bits per heavy atom. The fourth-order valence-corrected chi connectivity index (χ4v) is 5.83. The Kier molecular flexibility index (Phi) is 7.94. The summed E-state index contributed by atoms with van der Waals surface area (Å²) in [6.45, 7) is 1.98. The molecule has 0 atom stereocenters. The molecule has 4 aromatic rings. The molecule has 1 aliphatic rings. The number of hydrogen-bond acceptors (Lipinski definition) is 8. The minimum absolute atomic E-state index is 0.121. The molecule has 0 bridgehead atoms. The monoisotopic (exact) mass is 549 g/mol. The Bertz CT molecular complexity index is 1490. The van der Waals surface area contributed by atoms with Gasteiger partial charge in [0.15, 0.2) is 0 Å². The van der Waals surface area contributed by atoms with Crippen LogP contribution < -0.4 is 14.9 Å². The van der Waals surface area contributed by atoms with E-state index in [1.807, 2.05) is 24.3 Å². The molecule has 1 amide bonds. The molecule has 38 heavy (non-hydrogen) atoms. The van der Waals surface area contributed by atoms with Crippen molar-refractivity contribution in [2.45, 2.75) is 29.4 Å². The third-order valence-corrected chi connectivity index (χ3v) is 8.26. The molecule has 2 heterocycles. The van der Waals surface area contributed by atoms with Crippen molar-refractivity contribution in [3.05, 3.63) is 78.9 Å². The predicted octanol–water partition coefficient (Wildman–Crippen LogP) is 5.26. The fraction of sp³-hybridized carbons (Fsp3) is 0.222. The van der Waals surface area contributed by atoms with Gasteiger partial charge in [0.1, 0.15) is 0 Å². The van der Waals surface area contributed by atoms with E-state index in [0.29, 0.717) is 11.3 Å². The van der Waals surface area contributed by atoms with Crippen LogP contribution >= 0.6 is 11.8 Å². The number of thioether (sulfide) groups is 1. The van der Waals surface area contributed by atoms with E-state index in [1.54, 1.807) is 42.5 Å². The number of para-hydroxylation sites is 2. The number of piperidine rings is 1. The second kappa shape index (κ2) is 11.7. The molecule has 0 saturated carbocycles. The van der Waals surface area contributed by atoms with Gasteiger partial charge in [-0.15, -0.1) is 10.2 Å². The highest BCUT2D eigenvalue weighted by Gasteiger charge is 2.17. The van der Waals surface area contributed by atoms with E-state index in [2.05, 4.69) is 25.1 Å². The summed E-state index contributed by atoms with van der Waals surface area (Å²) in [6, 6.07) is 22.6. The molecule has 0 radical (unpaired) electrons. The van der Waals surface area contributed by atoms with Crippen LogP contribution in [0.2, 0.25) is 0 Å². The number of nitrogens with one attached hydrogen (secondary N) is 2. The standard InChI is InChI=1S/C27H27N5O4S2/c33-25(28-23-11-5-6-12-24(23)32-17-7-2-8-18-32)19-37-27-30-29-26(36-27)20-13-15-21(16-14-20)31-38(34,35)22-9-3-1-4-10-22/h1,3-6,9-16,31H,2,7-8,17-19H2,(H,28,33). The van der Waals surface area contributed by atoms with Crippen LogP contribution in [0.15, 0.2) is 93.4 Å². The first-order chi connectivity index (χ1) is 18.5. The molecule has 2 N–H and O–H groups in total. The minimum Gasteiger partial charge on any atom is -0.411 e. The Labute approximate surface area is 225 Å². The maximum Gasteiger partial charge on any atom is 0.277 e. The van der Waals surface area contributed by atoms with Crippen molar-refractivity contribution in [3.63, 3.8) is 0 Å². The third-order valence-electron chi connectivity index (χ3n) is 6.05.